The monoisotopic (exact) mass is 235 g/mol. The van der Waals surface area contributed by atoms with Crippen LogP contribution in [-0.4, -0.2) is 44.0 Å². The van der Waals surface area contributed by atoms with Gasteiger partial charge in [0.25, 0.3) is 6.29 Å². The number of hydrogen-bond donors (Lipinski definition) is 0. The first-order valence-corrected chi connectivity index (χ1v) is 6.05. The second-order valence-electron chi connectivity index (χ2n) is 4.53. The lowest BCUT2D eigenvalue weighted by molar-refractivity contribution is -0.0227. The summed E-state index contributed by atoms with van der Waals surface area (Å²) < 4.78 is 16.9. The van der Waals surface area contributed by atoms with Crippen molar-refractivity contribution in [2.24, 2.45) is 0 Å². The molecule has 17 heavy (non-hydrogen) atoms. The Bertz CT molecular complexity index is 402. The van der Waals surface area contributed by atoms with Crippen molar-refractivity contribution in [3.05, 3.63) is 23.8 Å². The Morgan fingerprint density at radius 1 is 1.18 bits per heavy atom. The van der Waals surface area contributed by atoms with Crippen LogP contribution < -0.4 is 9.47 Å². The Morgan fingerprint density at radius 2 is 1.94 bits per heavy atom. The van der Waals surface area contributed by atoms with Gasteiger partial charge in [-0.2, -0.15) is 0 Å². The molecule has 0 radical (unpaired) electrons. The molecule has 0 bridgehead atoms. The highest BCUT2D eigenvalue weighted by atomic mass is 16.7. The van der Waals surface area contributed by atoms with E-state index in [2.05, 4.69) is 11.8 Å². The van der Waals surface area contributed by atoms with Crippen molar-refractivity contribution in [3.8, 4) is 11.5 Å². The molecule has 2 aliphatic heterocycles. The number of benzene rings is 1. The van der Waals surface area contributed by atoms with Crippen molar-refractivity contribution < 1.29 is 14.2 Å². The quantitative estimate of drug-likeness (QED) is 0.776. The van der Waals surface area contributed by atoms with Crippen molar-refractivity contribution in [1.82, 2.24) is 4.90 Å². The Kier molecular flexibility index (Phi) is 2.91. The van der Waals surface area contributed by atoms with Crippen molar-refractivity contribution in [2.75, 3.05) is 32.8 Å². The van der Waals surface area contributed by atoms with Crippen LogP contribution in [0.2, 0.25) is 0 Å². The van der Waals surface area contributed by atoms with E-state index >= 15 is 0 Å². The normalized spacial score (nSPS) is 23.9. The second-order valence-corrected chi connectivity index (χ2v) is 4.53. The molecule has 1 saturated heterocycles. The second kappa shape index (κ2) is 4.55. The molecule has 0 saturated carbocycles. The summed E-state index contributed by atoms with van der Waals surface area (Å²) in [5.74, 6) is 1.72. The predicted molar refractivity (Wildman–Crippen MR) is 63.5 cm³/mol. The lowest BCUT2D eigenvalue weighted by atomic mass is 10.2. The average molecular weight is 235 g/mol. The van der Waals surface area contributed by atoms with Gasteiger partial charge < -0.3 is 14.2 Å². The van der Waals surface area contributed by atoms with E-state index in [4.69, 9.17) is 14.2 Å². The third-order valence-corrected chi connectivity index (χ3v) is 3.13. The Hall–Kier alpha value is -1.26. The van der Waals surface area contributed by atoms with Crippen molar-refractivity contribution in [1.29, 1.82) is 0 Å². The van der Waals surface area contributed by atoms with Crippen molar-refractivity contribution in [3.63, 3.8) is 0 Å². The molecular formula is C13H17NO3. The summed E-state index contributed by atoms with van der Waals surface area (Å²) in [5.41, 5.74) is 1.19. The molecule has 2 heterocycles. The predicted octanol–water partition coefficient (Wildman–Crippen LogP) is 1.42. The van der Waals surface area contributed by atoms with Crippen molar-refractivity contribution in [2.45, 2.75) is 13.2 Å². The minimum absolute atomic E-state index is 0.176. The fourth-order valence-electron chi connectivity index (χ4n) is 2.18. The zero-order valence-corrected chi connectivity index (χ0v) is 10.0. The molecule has 1 unspecified atom stereocenters. The van der Waals surface area contributed by atoms with E-state index in [0.29, 0.717) is 0 Å². The molecule has 0 amide bonds. The molecule has 1 atom stereocenters. The number of ether oxygens (including phenoxy) is 3. The molecule has 4 heteroatoms. The zero-order chi connectivity index (χ0) is 11.7. The van der Waals surface area contributed by atoms with Gasteiger partial charge in [0.15, 0.2) is 11.5 Å². The van der Waals surface area contributed by atoms with Crippen molar-refractivity contribution >= 4 is 0 Å². The van der Waals surface area contributed by atoms with Gasteiger partial charge in [0.1, 0.15) is 0 Å². The third kappa shape index (κ3) is 2.37. The third-order valence-electron chi connectivity index (χ3n) is 3.13. The van der Waals surface area contributed by atoms with Crippen LogP contribution in [0.3, 0.4) is 0 Å². The maximum absolute atomic E-state index is 5.79. The highest BCUT2D eigenvalue weighted by Crippen LogP contribution is 2.35. The van der Waals surface area contributed by atoms with Crippen LogP contribution >= 0.6 is 0 Å². The first-order valence-electron chi connectivity index (χ1n) is 6.05. The zero-order valence-electron chi connectivity index (χ0n) is 10.0. The van der Waals surface area contributed by atoms with Gasteiger partial charge in [0.05, 0.1) is 19.8 Å². The summed E-state index contributed by atoms with van der Waals surface area (Å²) in [7, 11) is 0. The van der Waals surface area contributed by atoms with Gasteiger partial charge >= 0.3 is 0 Å². The summed E-state index contributed by atoms with van der Waals surface area (Å²) in [6, 6.07) is 6.04. The number of hydrogen-bond acceptors (Lipinski definition) is 4. The van der Waals surface area contributed by atoms with Gasteiger partial charge in [-0.3, -0.25) is 4.90 Å². The van der Waals surface area contributed by atoms with Gasteiger partial charge in [0, 0.05) is 13.1 Å². The molecule has 0 spiro atoms. The highest BCUT2D eigenvalue weighted by Gasteiger charge is 2.26. The lowest BCUT2D eigenvalue weighted by Gasteiger charge is -2.27. The number of nitrogens with zero attached hydrogens (tertiary/aromatic N) is 1. The lowest BCUT2D eigenvalue weighted by Crippen LogP contribution is -2.43. The molecule has 1 aromatic rings. The van der Waals surface area contributed by atoms with Gasteiger partial charge in [-0.15, -0.1) is 0 Å². The first kappa shape index (κ1) is 10.9. The minimum atomic E-state index is -0.176. The van der Waals surface area contributed by atoms with E-state index in [1.807, 2.05) is 18.2 Å². The van der Waals surface area contributed by atoms with Crippen LogP contribution in [0, 0.1) is 6.92 Å². The molecule has 4 nitrogen and oxygen atoms in total. The molecule has 3 rings (SSSR count). The fourth-order valence-corrected chi connectivity index (χ4v) is 2.18. The number of fused-ring (bicyclic) bond motifs is 1. The van der Waals surface area contributed by atoms with Crippen LogP contribution in [0.15, 0.2) is 18.2 Å². The maximum Gasteiger partial charge on any atom is 0.254 e. The molecule has 2 aliphatic rings. The molecule has 92 valence electrons. The molecule has 0 aliphatic carbocycles. The van der Waals surface area contributed by atoms with E-state index in [1.54, 1.807) is 0 Å². The number of rotatable bonds is 2. The van der Waals surface area contributed by atoms with Crippen LogP contribution in [0.1, 0.15) is 5.56 Å². The van der Waals surface area contributed by atoms with Gasteiger partial charge in [-0.25, -0.2) is 0 Å². The van der Waals surface area contributed by atoms with E-state index in [9.17, 15) is 0 Å². The highest BCUT2D eigenvalue weighted by molar-refractivity contribution is 5.44. The molecular weight excluding hydrogens is 218 g/mol. The van der Waals surface area contributed by atoms with Gasteiger partial charge in [-0.1, -0.05) is 6.07 Å². The Morgan fingerprint density at radius 3 is 2.76 bits per heavy atom. The van der Waals surface area contributed by atoms with Crippen LogP contribution in [0.5, 0.6) is 11.5 Å². The van der Waals surface area contributed by atoms with E-state index in [-0.39, 0.29) is 6.29 Å². The summed E-state index contributed by atoms with van der Waals surface area (Å²) in [5, 5.41) is 0. The van der Waals surface area contributed by atoms with E-state index in [1.165, 1.54) is 5.56 Å². The van der Waals surface area contributed by atoms with E-state index in [0.717, 1.165) is 44.3 Å². The molecule has 0 N–H and O–H groups in total. The smallest absolute Gasteiger partial charge is 0.254 e. The van der Waals surface area contributed by atoms with Crippen LogP contribution in [0.25, 0.3) is 0 Å². The first-order chi connectivity index (χ1) is 8.31. The molecule has 0 aromatic heterocycles. The Balaban J connectivity index is 1.61. The van der Waals surface area contributed by atoms with Crippen LogP contribution in [0.4, 0.5) is 0 Å². The number of morpholine rings is 1. The molecule has 1 aromatic carbocycles. The maximum atomic E-state index is 5.79. The summed E-state index contributed by atoms with van der Waals surface area (Å²) in [6.45, 7) is 6.38. The summed E-state index contributed by atoms with van der Waals surface area (Å²) >= 11 is 0. The van der Waals surface area contributed by atoms with Gasteiger partial charge in [-0.05, 0) is 24.6 Å². The standard InChI is InChI=1S/C13H17NO3/c1-10-2-3-11-12(8-10)17-13(16-11)9-14-4-6-15-7-5-14/h2-3,8,13H,4-7,9H2,1H3. The largest absolute Gasteiger partial charge is 0.450 e. The topological polar surface area (TPSA) is 30.9 Å². The summed E-state index contributed by atoms with van der Waals surface area (Å²) in [6.07, 6.45) is -0.176. The van der Waals surface area contributed by atoms with Gasteiger partial charge in [0.2, 0.25) is 0 Å². The Labute approximate surface area is 101 Å². The molecule has 1 fully saturated rings. The minimum Gasteiger partial charge on any atom is -0.450 e. The number of aryl methyl sites for hydroxylation is 1. The fraction of sp³-hybridized carbons (Fsp3) is 0.538. The summed E-state index contributed by atoms with van der Waals surface area (Å²) in [4.78, 5) is 2.31. The van der Waals surface area contributed by atoms with Crippen LogP contribution in [-0.2, 0) is 4.74 Å². The van der Waals surface area contributed by atoms with E-state index < -0.39 is 0 Å². The average Bonchev–Trinajstić information content (AvgIpc) is 2.71. The SMILES string of the molecule is Cc1ccc2c(c1)OC(CN1CCOCC1)O2.